The van der Waals surface area contributed by atoms with Gasteiger partial charge in [0.2, 0.25) is 0 Å². The van der Waals surface area contributed by atoms with E-state index in [1.54, 1.807) is 36.4 Å². The van der Waals surface area contributed by atoms with Crippen LogP contribution in [0.4, 0.5) is 14.5 Å². The summed E-state index contributed by atoms with van der Waals surface area (Å²) in [6.07, 6.45) is 4.04. The molecule has 0 aromatic heterocycles. The summed E-state index contributed by atoms with van der Waals surface area (Å²) < 4.78 is 27.6. The number of carbonyl (C=O) groups is 2. The molecule has 3 aromatic rings. The maximum atomic E-state index is 14.0. The Hall–Kier alpha value is -3.80. The Morgan fingerprint density at radius 1 is 0.848 bits per heavy atom. The molecule has 1 aliphatic heterocycles. The van der Waals surface area contributed by atoms with E-state index in [0.29, 0.717) is 11.1 Å². The summed E-state index contributed by atoms with van der Waals surface area (Å²) in [5, 5.41) is 11.3. The van der Waals surface area contributed by atoms with E-state index in [-0.39, 0.29) is 17.0 Å². The van der Waals surface area contributed by atoms with Crippen molar-refractivity contribution in [3.05, 3.63) is 106 Å². The summed E-state index contributed by atoms with van der Waals surface area (Å²) in [5.74, 6) is -4.24. The standard InChI is InChI=1S/C27H21F2NO3/c28-21-13-12-20(15-22(21)29)30-24(17-7-2-1-3-8-17)23(26(32)27(30)33)25(31)19-11-10-16-6-4-5-9-18(16)14-19/h1-3,7-8,10-15,24,31H,4-6,9H2/b25-23-. The predicted octanol–water partition coefficient (Wildman–Crippen LogP) is 5.47. The summed E-state index contributed by atoms with van der Waals surface area (Å²) in [6, 6.07) is 16.4. The van der Waals surface area contributed by atoms with Gasteiger partial charge in [-0.1, -0.05) is 42.5 Å². The van der Waals surface area contributed by atoms with Gasteiger partial charge >= 0.3 is 0 Å². The van der Waals surface area contributed by atoms with E-state index in [4.69, 9.17) is 0 Å². The van der Waals surface area contributed by atoms with Crippen LogP contribution in [-0.2, 0) is 22.4 Å². The topological polar surface area (TPSA) is 57.6 Å². The molecular formula is C27H21F2NO3. The molecule has 166 valence electrons. The van der Waals surface area contributed by atoms with Crippen LogP contribution in [0.3, 0.4) is 0 Å². The highest BCUT2D eigenvalue weighted by Gasteiger charge is 2.47. The number of rotatable bonds is 3. The number of halogens is 2. The van der Waals surface area contributed by atoms with Crippen LogP contribution in [0.25, 0.3) is 5.76 Å². The summed E-state index contributed by atoms with van der Waals surface area (Å²) in [4.78, 5) is 27.3. The molecule has 0 radical (unpaired) electrons. The number of benzene rings is 3. The van der Waals surface area contributed by atoms with Crippen LogP contribution in [0, 0.1) is 11.6 Å². The molecule has 0 spiro atoms. The molecule has 0 saturated carbocycles. The van der Waals surface area contributed by atoms with E-state index in [0.717, 1.165) is 48.3 Å². The number of hydrogen-bond donors (Lipinski definition) is 1. The van der Waals surface area contributed by atoms with E-state index in [1.165, 1.54) is 11.6 Å². The van der Waals surface area contributed by atoms with Gasteiger partial charge in [0.15, 0.2) is 11.6 Å². The number of Topliss-reactive ketones (excluding diaryl/α,β-unsaturated/α-hetero) is 1. The van der Waals surface area contributed by atoms with Crippen molar-refractivity contribution in [2.45, 2.75) is 31.7 Å². The van der Waals surface area contributed by atoms with Crippen LogP contribution < -0.4 is 4.90 Å². The highest BCUT2D eigenvalue weighted by atomic mass is 19.2. The van der Waals surface area contributed by atoms with Crippen molar-refractivity contribution in [2.75, 3.05) is 4.90 Å². The number of aryl methyl sites for hydroxylation is 2. The zero-order valence-electron chi connectivity index (χ0n) is 17.7. The Bertz CT molecular complexity index is 1300. The number of hydrogen-bond acceptors (Lipinski definition) is 3. The largest absolute Gasteiger partial charge is 0.507 e. The third-order valence-corrected chi connectivity index (χ3v) is 6.36. The molecule has 1 N–H and O–H groups in total. The number of anilines is 1. The zero-order chi connectivity index (χ0) is 23.1. The molecule has 1 atom stereocenters. The fourth-order valence-electron chi connectivity index (χ4n) is 4.72. The van der Waals surface area contributed by atoms with Crippen LogP contribution in [-0.4, -0.2) is 16.8 Å². The zero-order valence-corrected chi connectivity index (χ0v) is 17.7. The third kappa shape index (κ3) is 3.61. The number of carbonyl (C=O) groups excluding carboxylic acids is 2. The Morgan fingerprint density at radius 2 is 1.58 bits per heavy atom. The second-order valence-corrected chi connectivity index (χ2v) is 8.37. The Kier molecular flexibility index (Phi) is 5.29. The monoisotopic (exact) mass is 445 g/mol. The fourth-order valence-corrected chi connectivity index (χ4v) is 4.72. The van der Waals surface area contributed by atoms with Gasteiger partial charge in [0.1, 0.15) is 5.76 Å². The minimum Gasteiger partial charge on any atom is -0.507 e. The smallest absolute Gasteiger partial charge is 0.300 e. The maximum Gasteiger partial charge on any atom is 0.300 e. The van der Waals surface area contributed by atoms with Crippen molar-refractivity contribution >= 4 is 23.1 Å². The maximum absolute atomic E-state index is 14.0. The Labute approximate surface area is 189 Å². The molecule has 0 bridgehead atoms. The molecule has 1 amide bonds. The lowest BCUT2D eigenvalue weighted by atomic mass is 9.88. The van der Waals surface area contributed by atoms with Gasteiger partial charge in [0.05, 0.1) is 11.6 Å². The van der Waals surface area contributed by atoms with Crippen LogP contribution in [0.2, 0.25) is 0 Å². The minimum atomic E-state index is -1.13. The van der Waals surface area contributed by atoms with Crippen LogP contribution in [0.15, 0.2) is 72.3 Å². The van der Waals surface area contributed by atoms with E-state index in [2.05, 4.69) is 0 Å². The van der Waals surface area contributed by atoms with Gasteiger partial charge in [-0.05, 0) is 60.6 Å². The molecule has 5 rings (SSSR count). The first-order valence-electron chi connectivity index (χ1n) is 10.9. The Balaban J connectivity index is 1.69. The number of amides is 1. The molecule has 33 heavy (non-hydrogen) atoms. The van der Waals surface area contributed by atoms with Gasteiger partial charge in [0.25, 0.3) is 11.7 Å². The second-order valence-electron chi connectivity index (χ2n) is 8.37. The first-order chi connectivity index (χ1) is 16.0. The van der Waals surface area contributed by atoms with Crippen LogP contribution >= 0.6 is 0 Å². The molecule has 1 heterocycles. The van der Waals surface area contributed by atoms with Crippen molar-refractivity contribution in [3.63, 3.8) is 0 Å². The molecule has 3 aromatic carbocycles. The molecule has 1 aliphatic carbocycles. The average Bonchev–Trinajstić information content (AvgIpc) is 3.11. The number of aliphatic hydroxyl groups is 1. The average molecular weight is 445 g/mol. The SMILES string of the molecule is O=C1C(=O)N(c2ccc(F)c(F)c2)C(c2ccccc2)/C1=C(/O)c1ccc2c(c1)CCCC2. The van der Waals surface area contributed by atoms with Gasteiger partial charge in [-0.3, -0.25) is 14.5 Å². The molecule has 6 heteroatoms. The normalized spacial score (nSPS) is 19.6. The van der Waals surface area contributed by atoms with Crippen molar-refractivity contribution in [2.24, 2.45) is 0 Å². The van der Waals surface area contributed by atoms with Crippen LogP contribution in [0.1, 0.15) is 41.1 Å². The minimum absolute atomic E-state index is 0.0364. The first kappa shape index (κ1) is 21.1. The summed E-state index contributed by atoms with van der Waals surface area (Å²) in [5.41, 5.74) is 3.33. The van der Waals surface area contributed by atoms with Gasteiger partial charge in [-0.2, -0.15) is 0 Å². The number of aliphatic hydroxyl groups excluding tert-OH is 1. The number of nitrogens with zero attached hydrogens (tertiary/aromatic N) is 1. The number of ketones is 1. The third-order valence-electron chi connectivity index (χ3n) is 6.36. The Morgan fingerprint density at radius 3 is 2.30 bits per heavy atom. The highest BCUT2D eigenvalue weighted by Crippen LogP contribution is 2.42. The summed E-state index contributed by atoms with van der Waals surface area (Å²) in [6.45, 7) is 0. The molecule has 1 saturated heterocycles. The van der Waals surface area contributed by atoms with Gasteiger partial charge in [0, 0.05) is 17.3 Å². The molecule has 2 aliphatic rings. The van der Waals surface area contributed by atoms with E-state index >= 15 is 0 Å². The van der Waals surface area contributed by atoms with E-state index in [9.17, 15) is 23.5 Å². The van der Waals surface area contributed by atoms with Gasteiger partial charge < -0.3 is 5.11 Å². The predicted molar refractivity (Wildman–Crippen MR) is 121 cm³/mol. The molecule has 1 fully saturated rings. The molecular weight excluding hydrogens is 424 g/mol. The van der Waals surface area contributed by atoms with Crippen molar-refractivity contribution in [1.82, 2.24) is 0 Å². The van der Waals surface area contributed by atoms with Crippen LogP contribution in [0.5, 0.6) is 0 Å². The quantitative estimate of drug-likeness (QED) is 0.330. The molecule has 1 unspecified atom stereocenters. The van der Waals surface area contributed by atoms with E-state index in [1.807, 2.05) is 12.1 Å². The second kappa shape index (κ2) is 8.28. The van der Waals surface area contributed by atoms with E-state index < -0.39 is 29.4 Å². The summed E-state index contributed by atoms with van der Waals surface area (Å²) >= 11 is 0. The van der Waals surface area contributed by atoms with Gasteiger partial charge in [-0.15, -0.1) is 0 Å². The lowest BCUT2D eigenvalue weighted by Crippen LogP contribution is -2.29. The van der Waals surface area contributed by atoms with Gasteiger partial charge in [-0.25, -0.2) is 8.78 Å². The lowest BCUT2D eigenvalue weighted by molar-refractivity contribution is -0.132. The summed E-state index contributed by atoms with van der Waals surface area (Å²) in [7, 11) is 0. The number of fused-ring (bicyclic) bond motifs is 1. The van der Waals surface area contributed by atoms with Crippen molar-refractivity contribution in [3.8, 4) is 0 Å². The van der Waals surface area contributed by atoms with Crippen molar-refractivity contribution < 1.29 is 23.5 Å². The lowest BCUT2D eigenvalue weighted by Gasteiger charge is -2.25. The molecule has 4 nitrogen and oxygen atoms in total. The highest BCUT2D eigenvalue weighted by molar-refractivity contribution is 6.51. The first-order valence-corrected chi connectivity index (χ1v) is 10.9. The van der Waals surface area contributed by atoms with Crippen molar-refractivity contribution in [1.29, 1.82) is 0 Å². The fraction of sp³-hybridized carbons (Fsp3) is 0.185.